The number of amides is 2. The molecule has 0 radical (unpaired) electrons. The topological polar surface area (TPSA) is 61.4 Å². The van der Waals surface area contributed by atoms with Crippen molar-refractivity contribution < 1.29 is 22.8 Å². The van der Waals surface area contributed by atoms with Gasteiger partial charge in [0.25, 0.3) is 0 Å². The Bertz CT molecular complexity index is 355. The molecule has 1 rings (SSSR count). The molecule has 5 nitrogen and oxygen atoms in total. The summed E-state index contributed by atoms with van der Waals surface area (Å²) >= 11 is 0. The fraction of sp³-hybridized carbons (Fsp3) is 0.846. The minimum absolute atomic E-state index is 0.220. The number of likely N-dealkylation sites (N-methyl/N-ethyl adjacent to an activating group) is 1. The molecule has 2 amide bonds. The minimum atomic E-state index is -4.44. The fourth-order valence-electron chi connectivity index (χ4n) is 2.25. The number of hydrogen-bond acceptors (Lipinski definition) is 3. The number of hydrogen-bond donors (Lipinski definition) is 2. The first-order valence-electron chi connectivity index (χ1n) is 7.06. The van der Waals surface area contributed by atoms with Gasteiger partial charge >= 0.3 is 6.18 Å². The average molecular weight is 309 g/mol. The Morgan fingerprint density at radius 1 is 1.38 bits per heavy atom. The quantitative estimate of drug-likeness (QED) is 0.766. The van der Waals surface area contributed by atoms with Crippen molar-refractivity contribution in [3.05, 3.63) is 0 Å². The second-order valence-electron chi connectivity index (χ2n) is 5.39. The third kappa shape index (κ3) is 7.89. The van der Waals surface area contributed by atoms with Crippen LogP contribution in [0.15, 0.2) is 0 Å². The van der Waals surface area contributed by atoms with Crippen molar-refractivity contribution >= 4 is 11.8 Å². The standard InChI is InChI=1S/C13H22F3N3O2/c1-19(8-11(20)18-9-13(14,15)16)12(21)5-4-10-3-2-6-17-7-10/h10,17H,2-9H2,1H3,(H,18,20). The van der Waals surface area contributed by atoms with E-state index in [2.05, 4.69) is 5.32 Å². The summed E-state index contributed by atoms with van der Waals surface area (Å²) in [6.07, 6.45) is -1.22. The number of halogens is 3. The van der Waals surface area contributed by atoms with Crippen LogP contribution in [0.4, 0.5) is 13.2 Å². The molecule has 1 aliphatic rings. The van der Waals surface area contributed by atoms with E-state index in [4.69, 9.17) is 0 Å². The van der Waals surface area contributed by atoms with Crippen LogP contribution in [0.3, 0.4) is 0 Å². The number of alkyl halides is 3. The SMILES string of the molecule is CN(CC(=O)NCC(F)(F)F)C(=O)CCC1CCCNC1. The van der Waals surface area contributed by atoms with Crippen LogP contribution < -0.4 is 10.6 Å². The van der Waals surface area contributed by atoms with Crippen molar-refractivity contribution in [2.45, 2.75) is 31.9 Å². The van der Waals surface area contributed by atoms with Crippen LogP contribution in [0.2, 0.25) is 0 Å². The van der Waals surface area contributed by atoms with Gasteiger partial charge < -0.3 is 15.5 Å². The van der Waals surface area contributed by atoms with Gasteiger partial charge in [-0.15, -0.1) is 0 Å². The molecular formula is C13H22F3N3O2. The second kappa shape index (κ2) is 8.21. The first-order valence-corrected chi connectivity index (χ1v) is 7.06. The second-order valence-corrected chi connectivity index (χ2v) is 5.39. The van der Waals surface area contributed by atoms with Gasteiger partial charge in [0.15, 0.2) is 0 Å². The van der Waals surface area contributed by atoms with Gasteiger partial charge in [0.2, 0.25) is 11.8 Å². The van der Waals surface area contributed by atoms with Gasteiger partial charge in [-0.1, -0.05) is 0 Å². The van der Waals surface area contributed by atoms with Gasteiger partial charge in [0.05, 0.1) is 6.54 Å². The monoisotopic (exact) mass is 309 g/mol. The van der Waals surface area contributed by atoms with E-state index in [0.717, 1.165) is 32.4 Å². The molecule has 1 aliphatic heterocycles. The molecule has 0 aromatic rings. The first kappa shape index (κ1) is 17.7. The zero-order valence-corrected chi connectivity index (χ0v) is 12.1. The van der Waals surface area contributed by atoms with Crippen LogP contribution >= 0.6 is 0 Å². The van der Waals surface area contributed by atoms with Crippen LogP contribution in [0, 0.1) is 5.92 Å². The lowest BCUT2D eigenvalue weighted by Crippen LogP contribution is -2.41. The fourth-order valence-corrected chi connectivity index (χ4v) is 2.25. The van der Waals surface area contributed by atoms with E-state index >= 15 is 0 Å². The van der Waals surface area contributed by atoms with Crippen LogP contribution in [0.25, 0.3) is 0 Å². The summed E-state index contributed by atoms with van der Waals surface area (Å²) in [4.78, 5) is 24.3. The molecule has 122 valence electrons. The third-order valence-electron chi connectivity index (χ3n) is 3.46. The predicted octanol–water partition coefficient (Wildman–Crippen LogP) is 0.903. The highest BCUT2D eigenvalue weighted by molar-refractivity contribution is 5.84. The lowest BCUT2D eigenvalue weighted by Gasteiger charge is -2.23. The first-order chi connectivity index (χ1) is 9.78. The van der Waals surface area contributed by atoms with Crippen LogP contribution in [-0.4, -0.2) is 56.1 Å². The molecule has 0 saturated carbocycles. The lowest BCUT2D eigenvalue weighted by molar-refractivity contribution is -0.141. The Kier molecular flexibility index (Phi) is 6.94. The molecular weight excluding hydrogens is 287 g/mol. The van der Waals surface area contributed by atoms with Gasteiger partial charge in [-0.2, -0.15) is 13.2 Å². The van der Waals surface area contributed by atoms with E-state index in [1.165, 1.54) is 11.9 Å². The van der Waals surface area contributed by atoms with Gasteiger partial charge in [-0.3, -0.25) is 9.59 Å². The van der Waals surface area contributed by atoms with Crippen molar-refractivity contribution in [3.63, 3.8) is 0 Å². The highest BCUT2D eigenvalue weighted by Crippen LogP contribution is 2.16. The van der Waals surface area contributed by atoms with E-state index in [1.54, 1.807) is 5.32 Å². The van der Waals surface area contributed by atoms with Crippen molar-refractivity contribution in [3.8, 4) is 0 Å². The van der Waals surface area contributed by atoms with Gasteiger partial charge in [-0.05, 0) is 38.3 Å². The number of nitrogens with zero attached hydrogens (tertiary/aromatic N) is 1. The maximum absolute atomic E-state index is 11.9. The zero-order valence-electron chi connectivity index (χ0n) is 12.1. The number of carbonyl (C=O) groups is 2. The molecule has 0 aromatic carbocycles. The van der Waals surface area contributed by atoms with Crippen molar-refractivity contribution in [2.75, 3.05) is 33.2 Å². The molecule has 1 heterocycles. The van der Waals surface area contributed by atoms with E-state index in [0.29, 0.717) is 12.3 Å². The van der Waals surface area contributed by atoms with E-state index in [-0.39, 0.29) is 12.5 Å². The van der Waals surface area contributed by atoms with Crippen LogP contribution in [0.1, 0.15) is 25.7 Å². The van der Waals surface area contributed by atoms with Crippen LogP contribution in [0.5, 0.6) is 0 Å². The Morgan fingerprint density at radius 2 is 2.10 bits per heavy atom. The highest BCUT2D eigenvalue weighted by atomic mass is 19.4. The van der Waals surface area contributed by atoms with E-state index in [9.17, 15) is 22.8 Å². The molecule has 1 atom stereocenters. The smallest absolute Gasteiger partial charge is 0.345 e. The summed E-state index contributed by atoms with van der Waals surface area (Å²) in [6.45, 7) is 0.173. The number of piperidine rings is 1. The van der Waals surface area contributed by atoms with E-state index < -0.39 is 18.6 Å². The number of nitrogens with one attached hydrogen (secondary N) is 2. The third-order valence-corrected chi connectivity index (χ3v) is 3.46. The van der Waals surface area contributed by atoms with Gasteiger partial charge in [0, 0.05) is 13.5 Å². The summed E-state index contributed by atoms with van der Waals surface area (Å²) in [6, 6.07) is 0. The molecule has 0 bridgehead atoms. The Balaban J connectivity index is 2.22. The van der Waals surface area contributed by atoms with Gasteiger partial charge in [0.1, 0.15) is 6.54 Å². The van der Waals surface area contributed by atoms with E-state index in [1.807, 2.05) is 0 Å². The Hall–Kier alpha value is -1.31. The molecule has 0 aliphatic carbocycles. The molecule has 8 heteroatoms. The molecule has 1 fully saturated rings. The average Bonchev–Trinajstić information content (AvgIpc) is 2.43. The molecule has 1 saturated heterocycles. The summed E-state index contributed by atoms with van der Waals surface area (Å²) in [5, 5.41) is 5.00. The largest absolute Gasteiger partial charge is 0.405 e. The van der Waals surface area contributed by atoms with Crippen molar-refractivity contribution in [1.29, 1.82) is 0 Å². The summed E-state index contributed by atoms with van der Waals surface area (Å²) in [7, 11) is 1.43. The maximum atomic E-state index is 11.9. The molecule has 21 heavy (non-hydrogen) atoms. The number of carbonyl (C=O) groups excluding carboxylic acids is 2. The molecule has 0 aromatic heterocycles. The summed E-state index contributed by atoms with van der Waals surface area (Å²) in [5.74, 6) is -0.569. The number of rotatable bonds is 6. The molecule has 1 unspecified atom stereocenters. The maximum Gasteiger partial charge on any atom is 0.405 e. The summed E-state index contributed by atoms with van der Waals surface area (Å²) < 4.78 is 35.8. The zero-order chi connectivity index (χ0) is 15.9. The summed E-state index contributed by atoms with van der Waals surface area (Å²) in [5.41, 5.74) is 0. The predicted molar refractivity (Wildman–Crippen MR) is 71.5 cm³/mol. The highest BCUT2D eigenvalue weighted by Gasteiger charge is 2.28. The Labute approximate surface area is 122 Å². The minimum Gasteiger partial charge on any atom is -0.345 e. The normalized spacial score (nSPS) is 19.1. The lowest BCUT2D eigenvalue weighted by atomic mass is 9.94. The Morgan fingerprint density at radius 3 is 2.67 bits per heavy atom. The molecule has 2 N–H and O–H groups in total. The van der Waals surface area contributed by atoms with Crippen molar-refractivity contribution in [1.82, 2.24) is 15.5 Å². The van der Waals surface area contributed by atoms with Crippen LogP contribution in [-0.2, 0) is 9.59 Å². The molecule has 0 spiro atoms. The van der Waals surface area contributed by atoms with Gasteiger partial charge in [-0.25, -0.2) is 0 Å². The van der Waals surface area contributed by atoms with Crippen molar-refractivity contribution in [2.24, 2.45) is 5.92 Å².